The summed E-state index contributed by atoms with van der Waals surface area (Å²) in [6.07, 6.45) is 1.68. The monoisotopic (exact) mass is 446 g/mol. The predicted octanol–water partition coefficient (Wildman–Crippen LogP) is 4.99. The lowest BCUT2D eigenvalue weighted by Crippen LogP contribution is -2.04. The van der Waals surface area contributed by atoms with E-state index >= 15 is 0 Å². The van der Waals surface area contributed by atoms with E-state index in [4.69, 9.17) is 26.4 Å². The van der Waals surface area contributed by atoms with Gasteiger partial charge in [-0.1, -0.05) is 48.5 Å². The predicted molar refractivity (Wildman–Crippen MR) is 125 cm³/mol. The highest BCUT2D eigenvalue weighted by Crippen LogP contribution is 2.28. The molecule has 0 bridgehead atoms. The number of rotatable bonds is 9. The van der Waals surface area contributed by atoms with Crippen LogP contribution >= 0.6 is 12.2 Å². The molecule has 0 atom stereocenters. The molecule has 3 aromatic carbocycles. The van der Waals surface area contributed by atoms with Crippen molar-refractivity contribution in [2.24, 2.45) is 5.10 Å². The molecule has 0 radical (unpaired) electrons. The van der Waals surface area contributed by atoms with E-state index < -0.39 is 0 Å². The van der Waals surface area contributed by atoms with Crippen molar-refractivity contribution in [3.05, 3.63) is 101 Å². The summed E-state index contributed by atoms with van der Waals surface area (Å²) >= 11 is 5.30. The molecule has 1 aromatic heterocycles. The third-order valence-corrected chi connectivity index (χ3v) is 4.84. The minimum atomic E-state index is 0.226. The Balaban J connectivity index is 1.46. The molecule has 0 fully saturated rings. The van der Waals surface area contributed by atoms with Gasteiger partial charge < -0.3 is 14.2 Å². The standard InChI is InChI=1S/C24H22N4O3S/c1-29-22-14-19(12-13-21(22)31-16-18-8-4-2-5-9-18)15-25-28-23(26-27-24(28)32)17-30-20-10-6-3-7-11-20/h2-15H,16-17H2,1H3,(H,27,32). The van der Waals surface area contributed by atoms with Gasteiger partial charge in [-0.15, -0.1) is 0 Å². The first-order chi connectivity index (χ1) is 15.7. The molecular formula is C24H22N4O3S. The highest BCUT2D eigenvalue weighted by molar-refractivity contribution is 7.71. The second-order valence-electron chi connectivity index (χ2n) is 6.79. The van der Waals surface area contributed by atoms with Crippen LogP contribution < -0.4 is 14.2 Å². The molecule has 4 rings (SSSR count). The van der Waals surface area contributed by atoms with Gasteiger partial charge in [0.1, 0.15) is 19.0 Å². The van der Waals surface area contributed by atoms with Crippen molar-refractivity contribution in [3.63, 3.8) is 0 Å². The van der Waals surface area contributed by atoms with Crippen LogP contribution in [0.3, 0.4) is 0 Å². The van der Waals surface area contributed by atoms with E-state index in [9.17, 15) is 0 Å². The maximum absolute atomic E-state index is 5.91. The van der Waals surface area contributed by atoms with Crippen molar-refractivity contribution in [1.29, 1.82) is 0 Å². The Morgan fingerprint density at radius 3 is 2.44 bits per heavy atom. The van der Waals surface area contributed by atoms with Crippen LogP contribution in [0.2, 0.25) is 0 Å². The van der Waals surface area contributed by atoms with Crippen molar-refractivity contribution in [2.75, 3.05) is 7.11 Å². The second-order valence-corrected chi connectivity index (χ2v) is 7.17. The van der Waals surface area contributed by atoms with Crippen LogP contribution in [0.25, 0.3) is 0 Å². The highest BCUT2D eigenvalue weighted by Gasteiger charge is 2.08. The lowest BCUT2D eigenvalue weighted by atomic mass is 10.2. The van der Waals surface area contributed by atoms with Gasteiger partial charge in [-0.2, -0.15) is 14.9 Å². The van der Waals surface area contributed by atoms with Gasteiger partial charge in [-0.3, -0.25) is 0 Å². The van der Waals surface area contributed by atoms with Gasteiger partial charge in [-0.05, 0) is 53.7 Å². The van der Waals surface area contributed by atoms with E-state index in [1.807, 2.05) is 78.9 Å². The Labute approximate surface area is 190 Å². The first kappa shape index (κ1) is 21.3. The molecule has 162 valence electrons. The van der Waals surface area contributed by atoms with Gasteiger partial charge in [0.2, 0.25) is 4.77 Å². The van der Waals surface area contributed by atoms with E-state index in [1.54, 1.807) is 13.3 Å². The lowest BCUT2D eigenvalue weighted by molar-refractivity contribution is 0.284. The number of hydrogen-bond donors (Lipinski definition) is 1. The van der Waals surface area contributed by atoms with E-state index in [0.717, 1.165) is 16.9 Å². The first-order valence-corrected chi connectivity index (χ1v) is 10.4. The number of para-hydroxylation sites is 1. The Kier molecular flexibility index (Phi) is 6.94. The van der Waals surface area contributed by atoms with Gasteiger partial charge in [0.25, 0.3) is 0 Å². The first-order valence-electron chi connectivity index (χ1n) is 9.96. The molecule has 32 heavy (non-hydrogen) atoms. The smallest absolute Gasteiger partial charge is 0.216 e. The lowest BCUT2D eigenvalue weighted by Gasteiger charge is -2.11. The van der Waals surface area contributed by atoms with E-state index in [0.29, 0.717) is 28.7 Å². The summed E-state index contributed by atoms with van der Waals surface area (Å²) in [5.74, 6) is 2.58. The number of methoxy groups -OCH3 is 1. The number of nitrogens with one attached hydrogen (secondary N) is 1. The normalized spacial score (nSPS) is 10.9. The van der Waals surface area contributed by atoms with Crippen LogP contribution in [-0.2, 0) is 13.2 Å². The van der Waals surface area contributed by atoms with Crippen molar-refractivity contribution >= 4 is 18.4 Å². The Bertz CT molecular complexity index is 1240. The summed E-state index contributed by atoms with van der Waals surface area (Å²) in [6.45, 7) is 0.684. The Morgan fingerprint density at radius 2 is 1.69 bits per heavy atom. The summed E-state index contributed by atoms with van der Waals surface area (Å²) < 4.78 is 19.1. The van der Waals surface area contributed by atoms with Crippen LogP contribution in [0.15, 0.2) is 84.0 Å². The average molecular weight is 447 g/mol. The largest absolute Gasteiger partial charge is 0.493 e. The number of benzene rings is 3. The molecule has 0 aliphatic rings. The zero-order valence-electron chi connectivity index (χ0n) is 17.5. The van der Waals surface area contributed by atoms with Gasteiger partial charge in [0.15, 0.2) is 17.3 Å². The number of nitrogens with zero attached hydrogens (tertiary/aromatic N) is 3. The summed E-state index contributed by atoms with van der Waals surface area (Å²) in [5.41, 5.74) is 1.91. The zero-order chi connectivity index (χ0) is 22.2. The third-order valence-electron chi connectivity index (χ3n) is 4.58. The Hall–Kier alpha value is -3.91. The van der Waals surface area contributed by atoms with Crippen LogP contribution in [0.5, 0.6) is 17.2 Å². The molecule has 8 heteroatoms. The summed E-state index contributed by atoms with van der Waals surface area (Å²) in [6, 6.07) is 25.1. The summed E-state index contributed by atoms with van der Waals surface area (Å²) in [4.78, 5) is 0. The number of ether oxygens (including phenoxy) is 3. The SMILES string of the molecule is COc1cc(C=Nn2c(COc3ccccc3)n[nH]c2=S)ccc1OCc1ccccc1. The van der Waals surface area contributed by atoms with Crippen molar-refractivity contribution in [2.45, 2.75) is 13.2 Å². The van der Waals surface area contributed by atoms with Gasteiger partial charge >= 0.3 is 0 Å². The molecule has 0 unspecified atom stereocenters. The quantitative estimate of drug-likeness (QED) is 0.290. The zero-order valence-corrected chi connectivity index (χ0v) is 18.3. The topological polar surface area (TPSA) is 73.7 Å². The van der Waals surface area contributed by atoms with Crippen LogP contribution in [0.1, 0.15) is 17.0 Å². The van der Waals surface area contributed by atoms with E-state index in [2.05, 4.69) is 15.3 Å². The van der Waals surface area contributed by atoms with Gasteiger partial charge in [-0.25, -0.2) is 5.10 Å². The van der Waals surface area contributed by atoms with E-state index in [-0.39, 0.29) is 6.61 Å². The van der Waals surface area contributed by atoms with Gasteiger partial charge in [0, 0.05) is 0 Å². The fourth-order valence-corrected chi connectivity index (χ4v) is 3.14. The van der Waals surface area contributed by atoms with E-state index in [1.165, 1.54) is 4.68 Å². The number of aromatic amines is 1. The fraction of sp³-hybridized carbons (Fsp3) is 0.125. The maximum atomic E-state index is 5.91. The molecule has 1 N–H and O–H groups in total. The van der Waals surface area contributed by atoms with Crippen LogP contribution in [0.4, 0.5) is 0 Å². The molecule has 0 aliphatic heterocycles. The molecule has 0 saturated carbocycles. The molecule has 7 nitrogen and oxygen atoms in total. The number of H-pyrrole nitrogens is 1. The van der Waals surface area contributed by atoms with Crippen molar-refractivity contribution in [3.8, 4) is 17.2 Å². The van der Waals surface area contributed by atoms with Gasteiger partial charge in [0.05, 0.1) is 13.3 Å². The van der Waals surface area contributed by atoms with Crippen molar-refractivity contribution < 1.29 is 14.2 Å². The summed E-state index contributed by atoms with van der Waals surface area (Å²) in [5, 5.41) is 11.4. The summed E-state index contributed by atoms with van der Waals surface area (Å²) in [7, 11) is 1.61. The molecule has 0 aliphatic carbocycles. The Morgan fingerprint density at radius 1 is 0.938 bits per heavy atom. The number of aromatic nitrogens is 3. The van der Waals surface area contributed by atoms with Crippen LogP contribution in [-0.4, -0.2) is 28.2 Å². The maximum Gasteiger partial charge on any atom is 0.216 e. The molecule has 0 spiro atoms. The van der Waals surface area contributed by atoms with Crippen LogP contribution in [0, 0.1) is 4.77 Å². The minimum absolute atomic E-state index is 0.226. The molecule has 0 saturated heterocycles. The fourth-order valence-electron chi connectivity index (χ4n) is 2.94. The molecule has 0 amide bonds. The number of hydrogen-bond acceptors (Lipinski definition) is 6. The average Bonchev–Trinajstić information content (AvgIpc) is 3.20. The molecular weight excluding hydrogens is 424 g/mol. The molecule has 4 aromatic rings. The highest BCUT2D eigenvalue weighted by atomic mass is 32.1. The van der Waals surface area contributed by atoms with Crippen molar-refractivity contribution in [1.82, 2.24) is 14.9 Å². The minimum Gasteiger partial charge on any atom is -0.493 e. The molecule has 1 heterocycles. The third kappa shape index (κ3) is 5.41. The second kappa shape index (κ2) is 10.4.